The number of ketones is 1. The van der Waals surface area contributed by atoms with E-state index in [0.717, 1.165) is 36.0 Å². The van der Waals surface area contributed by atoms with Gasteiger partial charge in [0, 0.05) is 16.2 Å². The number of halogens is 6. The van der Waals surface area contributed by atoms with E-state index in [0.29, 0.717) is 22.6 Å². The van der Waals surface area contributed by atoms with E-state index in [2.05, 4.69) is 0 Å². The zero-order chi connectivity index (χ0) is 29.6. The minimum absolute atomic E-state index is 0.0847. The maximum atomic E-state index is 14.2. The third kappa shape index (κ3) is 5.32. The Morgan fingerprint density at radius 2 is 1.25 bits per heavy atom. The average molecular weight is 583 g/mol. The summed E-state index contributed by atoms with van der Waals surface area (Å²) in [4.78, 5) is 38.6. The molecule has 40 heavy (non-hydrogen) atoms. The van der Waals surface area contributed by atoms with Gasteiger partial charge in [0.1, 0.15) is 0 Å². The molecular weight excluding hydrogens is 562 g/mol. The minimum Gasteiger partial charge on any atom is -0.478 e. The standard InChI is InChI=1S/C28H20F6O5S/c1-14-5-2-10-21-22(14)23(35)26(13-40-21,11-17-15(24(36)37)6-3-8-19(17)27(29,30)31)12-18-16(25(38)39)7-4-9-20(18)28(32,33)34/h2-10H,11-13H2,1H3,(H,36,37)(H,38,39). The van der Waals surface area contributed by atoms with Crippen molar-refractivity contribution in [2.75, 3.05) is 5.75 Å². The molecule has 12 heteroatoms. The lowest BCUT2D eigenvalue weighted by Crippen LogP contribution is -2.43. The molecule has 0 aromatic heterocycles. The molecule has 1 heterocycles. The lowest BCUT2D eigenvalue weighted by atomic mass is 9.69. The predicted octanol–water partition coefficient (Wildman–Crippen LogP) is 7.19. The molecule has 0 saturated heterocycles. The number of carbonyl (C=O) groups is 3. The highest BCUT2D eigenvalue weighted by atomic mass is 32.2. The van der Waals surface area contributed by atoms with Crippen LogP contribution in [-0.2, 0) is 25.2 Å². The Hall–Kier alpha value is -3.80. The van der Waals surface area contributed by atoms with Crippen LogP contribution >= 0.6 is 11.8 Å². The summed E-state index contributed by atoms with van der Waals surface area (Å²) < 4.78 is 84.5. The zero-order valence-corrected chi connectivity index (χ0v) is 21.4. The molecule has 1 aliphatic heterocycles. The van der Waals surface area contributed by atoms with E-state index in [1.807, 2.05) is 0 Å². The van der Waals surface area contributed by atoms with Crippen molar-refractivity contribution in [2.45, 2.75) is 37.0 Å². The Morgan fingerprint density at radius 3 is 1.68 bits per heavy atom. The fourth-order valence-corrected chi connectivity index (χ4v) is 6.43. The second kappa shape index (κ2) is 10.3. The maximum absolute atomic E-state index is 14.2. The lowest BCUT2D eigenvalue weighted by molar-refractivity contribution is -0.138. The molecule has 5 nitrogen and oxygen atoms in total. The molecule has 210 valence electrons. The van der Waals surface area contributed by atoms with Gasteiger partial charge < -0.3 is 10.2 Å². The summed E-state index contributed by atoms with van der Waals surface area (Å²) in [6.45, 7) is 1.56. The molecule has 0 fully saturated rings. The smallest absolute Gasteiger partial charge is 0.416 e. The van der Waals surface area contributed by atoms with Crippen LogP contribution in [0.5, 0.6) is 0 Å². The molecule has 0 aliphatic carbocycles. The summed E-state index contributed by atoms with van der Waals surface area (Å²) in [6, 6.07) is 9.70. The van der Waals surface area contributed by atoms with Crippen molar-refractivity contribution in [1.29, 1.82) is 0 Å². The number of rotatable bonds is 6. The predicted molar refractivity (Wildman–Crippen MR) is 133 cm³/mol. The number of hydrogen-bond acceptors (Lipinski definition) is 4. The van der Waals surface area contributed by atoms with Crippen LogP contribution in [0.25, 0.3) is 0 Å². The van der Waals surface area contributed by atoms with Crippen LogP contribution in [0.15, 0.2) is 59.5 Å². The van der Waals surface area contributed by atoms with E-state index >= 15 is 0 Å². The maximum Gasteiger partial charge on any atom is 0.416 e. The van der Waals surface area contributed by atoms with Crippen molar-refractivity contribution >= 4 is 29.5 Å². The molecule has 3 aromatic rings. The van der Waals surface area contributed by atoms with Gasteiger partial charge in [-0.3, -0.25) is 4.79 Å². The van der Waals surface area contributed by atoms with Gasteiger partial charge in [-0.05, 0) is 66.8 Å². The highest BCUT2D eigenvalue weighted by Gasteiger charge is 2.48. The van der Waals surface area contributed by atoms with Crippen LogP contribution in [-0.4, -0.2) is 33.7 Å². The van der Waals surface area contributed by atoms with Gasteiger partial charge in [0.05, 0.1) is 27.7 Å². The first kappa shape index (κ1) is 29.2. The van der Waals surface area contributed by atoms with Gasteiger partial charge in [-0.2, -0.15) is 26.3 Å². The summed E-state index contributed by atoms with van der Waals surface area (Å²) in [5.74, 6) is -4.55. The Kier molecular flexibility index (Phi) is 7.52. The molecule has 0 saturated carbocycles. The largest absolute Gasteiger partial charge is 0.478 e. The molecule has 1 aliphatic rings. The van der Waals surface area contributed by atoms with Gasteiger partial charge in [-0.1, -0.05) is 24.3 Å². The number of alkyl halides is 6. The number of benzene rings is 3. The van der Waals surface area contributed by atoms with Crippen LogP contribution < -0.4 is 0 Å². The summed E-state index contributed by atoms with van der Waals surface area (Å²) in [7, 11) is 0. The van der Waals surface area contributed by atoms with Crippen LogP contribution in [0.2, 0.25) is 0 Å². The summed E-state index contributed by atoms with van der Waals surface area (Å²) >= 11 is 1.03. The molecule has 0 radical (unpaired) electrons. The second-order valence-electron chi connectivity index (χ2n) is 9.47. The molecular formula is C28H20F6O5S. The third-order valence-electron chi connectivity index (χ3n) is 6.90. The molecule has 0 bridgehead atoms. The molecule has 0 atom stereocenters. The minimum atomic E-state index is -5.04. The summed E-state index contributed by atoms with van der Waals surface area (Å²) in [5, 5.41) is 19.4. The fourth-order valence-electron chi connectivity index (χ4n) is 5.09. The Morgan fingerprint density at radius 1 is 0.800 bits per heavy atom. The van der Waals surface area contributed by atoms with Gasteiger partial charge >= 0.3 is 24.3 Å². The molecule has 2 N–H and O–H groups in total. The van der Waals surface area contributed by atoms with Gasteiger partial charge in [0.15, 0.2) is 5.78 Å². The number of fused-ring (bicyclic) bond motifs is 1. The van der Waals surface area contributed by atoms with Crippen molar-refractivity contribution in [1.82, 2.24) is 0 Å². The van der Waals surface area contributed by atoms with E-state index in [4.69, 9.17) is 0 Å². The van der Waals surface area contributed by atoms with Crippen LogP contribution in [0.3, 0.4) is 0 Å². The number of Topliss-reactive ketones (excluding diaryl/α,β-unsaturated/α-hetero) is 1. The van der Waals surface area contributed by atoms with Crippen molar-refractivity contribution in [2.24, 2.45) is 5.41 Å². The highest BCUT2D eigenvalue weighted by Crippen LogP contribution is 2.48. The van der Waals surface area contributed by atoms with Crippen molar-refractivity contribution in [3.8, 4) is 0 Å². The quantitative estimate of drug-likeness (QED) is 0.299. The molecule has 0 unspecified atom stereocenters. The number of hydrogen-bond donors (Lipinski definition) is 2. The first-order valence-corrected chi connectivity index (χ1v) is 12.7. The Labute approximate surface area is 227 Å². The number of thioether (sulfide) groups is 1. The average Bonchev–Trinajstić information content (AvgIpc) is 2.85. The summed E-state index contributed by atoms with van der Waals surface area (Å²) in [5.41, 5.74) is -7.29. The molecule has 3 aromatic carbocycles. The van der Waals surface area contributed by atoms with E-state index < -0.39 is 81.7 Å². The van der Waals surface area contributed by atoms with Gasteiger partial charge in [-0.25, -0.2) is 9.59 Å². The van der Waals surface area contributed by atoms with Gasteiger partial charge in [-0.15, -0.1) is 11.8 Å². The Balaban J connectivity index is 2.04. The van der Waals surface area contributed by atoms with Gasteiger partial charge in [0.25, 0.3) is 0 Å². The third-order valence-corrected chi connectivity index (χ3v) is 8.25. The lowest BCUT2D eigenvalue weighted by Gasteiger charge is -2.39. The van der Waals surface area contributed by atoms with E-state index in [1.54, 1.807) is 25.1 Å². The highest BCUT2D eigenvalue weighted by molar-refractivity contribution is 7.99. The fraction of sp³-hybridized carbons (Fsp3) is 0.250. The van der Waals surface area contributed by atoms with Crippen LogP contribution in [0, 0.1) is 12.3 Å². The topological polar surface area (TPSA) is 91.7 Å². The van der Waals surface area contributed by atoms with Gasteiger partial charge in [0.2, 0.25) is 0 Å². The van der Waals surface area contributed by atoms with E-state index in [1.165, 1.54) is 0 Å². The summed E-state index contributed by atoms with van der Waals surface area (Å²) in [6.07, 6.45) is -11.9. The zero-order valence-electron chi connectivity index (χ0n) is 20.6. The van der Waals surface area contributed by atoms with Crippen molar-refractivity contribution in [3.63, 3.8) is 0 Å². The monoisotopic (exact) mass is 582 g/mol. The van der Waals surface area contributed by atoms with E-state index in [9.17, 15) is 50.9 Å². The van der Waals surface area contributed by atoms with Crippen LogP contribution in [0.4, 0.5) is 26.3 Å². The number of aromatic carboxylic acids is 2. The van der Waals surface area contributed by atoms with Crippen molar-refractivity contribution < 1.29 is 50.9 Å². The number of carboxylic acid groups (broad SMARTS) is 2. The normalized spacial score (nSPS) is 15.0. The molecule has 0 spiro atoms. The number of carbonyl (C=O) groups excluding carboxylic acids is 1. The first-order valence-electron chi connectivity index (χ1n) is 11.7. The van der Waals surface area contributed by atoms with Crippen LogP contribution in [0.1, 0.15) is 58.9 Å². The molecule has 0 amide bonds. The Bertz CT molecular complexity index is 1450. The second-order valence-corrected chi connectivity index (χ2v) is 10.5. The van der Waals surface area contributed by atoms with Crippen molar-refractivity contribution in [3.05, 3.63) is 99.1 Å². The first-order chi connectivity index (χ1) is 18.6. The van der Waals surface area contributed by atoms with E-state index in [-0.39, 0.29) is 11.3 Å². The SMILES string of the molecule is Cc1cccc2c1C(=O)C(Cc1c(C(=O)O)cccc1C(F)(F)F)(Cc1c(C(=O)O)cccc1C(F)(F)F)CS2. The number of carboxylic acids is 2. The molecule has 4 rings (SSSR count). The number of aryl methyl sites for hydroxylation is 1.